The van der Waals surface area contributed by atoms with E-state index in [0.717, 1.165) is 18.7 Å². The molecule has 1 aliphatic carbocycles. The SMILES string of the molecule is COCC1=C(C(=O)OC)C(c2ccc(F)c(F)c2)N(C(=O)N[C@@H]2CCN(C3CCC(O)(c4ccccc4F)CC3)C2)CN1.Cl. The van der Waals surface area contributed by atoms with Crippen LogP contribution in [0, 0.1) is 17.5 Å². The molecule has 2 heterocycles. The van der Waals surface area contributed by atoms with Crippen LogP contribution in [0.25, 0.3) is 0 Å². The van der Waals surface area contributed by atoms with Gasteiger partial charge in [0.1, 0.15) is 5.82 Å². The number of urea groups is 1. The van der Waals surface area contributed by atoms with Crippen molar-refractivity contribution in [2.45, 2.75) is 55.8 Å². The van der Waals surface area contributed by atoms with E-state index in [-0.39, 0.29) is 48.9 Å². The number of carbonyl (C=O) groups is 2. The third kappa shape index (κ3) is 6.83. The zero-order valence-electron chi connectivity index (χ0n) is 24.7. The number of ether oxygens (including phenoxy) is 2. The van der Waals surface area contributed by atoms with E-state index in [4.69, 9.17) is 9.47 Å². The van der Waals surface area contributed by atoms with Gasteiger partial charge in [0.05, 0.1) is 43.3 Å². The number of benzene rings is 2. The summed E-state index contributed by atoms with van der Waals surface area (Å²) in [6.07, 6.45) is 2.94. The lowest BCUT2D eigenvalue weighted by molar-refractivity contribution is -0.137. The lowest BCUT2D eigenvalue weighted by Gasteiger charge is -2.40. The Balaban J connectivity index is 0.00000442. The van der Waals surface area contributed by atoms with Crippen LogP contribution >= 0.6 is 12.4 Å². The van der Waals surface area contributed by atoms with Gasteiger partial charge in [-0.05, 0) is 55.9 Å². The number of halogens is 4. The van der Waals surface area contributed by atoms with Crippen LogP contribution in [0.15, 0.2) is 53.7 Å². The molecule has 0 radical (unpaired) electrons. The molecule has 0 aromatic heterocycles. The normalized spacial score (nSPS) is 25.7. The van der Waals surface area contributed by atoms with Gasteiger partial charge in [-0.25, -0.2) is 22.8 Å². The number of aliphatic hydroxyl groups is 1. The summed E-state index contributed by atoms with van der Waals surface area (Å²) >= 11 is 0. The highest BCUT2D eigenvalue weighted by molar-refractivity contribution is 5.92. The van der Waals surface area contributed by atoms with Crippen LogP contribution < -0.4 is 10.6 Å². The summed E-state index contributed by atoms with van der Waals surface area (Å²) in [7, 11) is 2.66. The Morgan fingerprint density at radius 3 is 2.43 bits per heavy atom. The van der Waals surface area contributed by atoms with E-state index in [1.54, 1.807) is 18.2 Å². The number of carbonyl (C=O) groups excluding carboxylic acids is 2. The minimum atomic E-state index is -1.20. The van der Waals surface area contributed by atoms with E-state index in [1.165, 1.54) is 31.3 Å². The van der Waals surface area contributed by atoms with Crippen molar-refractivity contribution in [3.05, 3.63) is 82.3 Å². The fraction of sp³-hybridized carbons (Fsp3) is 0.484. The molecule has 2 aromatic carbocycles. The Labute approximate surface area is 260 Å². The van der Waals surface area contributed by atoms with E-state index in [2.05, 4.69) is 15.5 Å². The third-order valence-electron chi connectivity index (χ3n) is 8.81. The Kier molecular flexibility index (Phi) is 10.8. The fourth-order valence-corrected chi connectivity index (χ4v) is 6.57. The van der Waals surface area contributed by atoms with Crippen LogP contribution in [0.4, 0.5) is 18.0 Å². The van der Waals surface area contributed by atoms with Gasteiger partial charge in [-0.2, -0.15) is 0 Å². The van der Waals surface area contributed by atoms with Crippen LogP contribution in [0.2, 0.25) is 0 Å². The largest absolute Gasteiger partial charge is 0.466 e. The molecule has 5 rings (SSSR count). The van der Waals surface area contributed by atoms with Gasteiger partial charge >= 0.3 is 12.0 Å². The average molecular weight is 639 g/mol. The molecule has 2 atom stereocenters. The van der Waals surface area contributed by atoms with Gasteiger partial charge in [0.25, 0.3) is 0 Å². The predicted octanol–water partition coefficient (Wildman–Crippen LogP) is 4.12. The maximum absolute atomic E-state index is 14.4. The molecule has 9 nitrogen and oxygen atoms in total. The number of hydrogen-bond acceptors (Lipinski definition) is 7. The molecule has 1 saturated heterocycles. The first kappa shape index (κ1) is 33.6. The molecule has 1 unspecified atom stereocenters. The summed E-state index contributed by atoms with van der Waals surface area (Å²) in [5, 5.41) is 17.3. The Hall–Kier alpha value is -3.32. The van der Waals surface area contributed by atoms with Gasteiger partial charge in [-0.15, -0.1) is 12.4 Å². The summed E-state index contributed by atoms with van der Waals surface area (Å²) in [6.45, 7) is 1.33. The zero-order valence-corrected chi connectivity index (χ0v) is 25.5. The second kappa shape index (κ2) is 14.2. The van der Waals surface area contributed by atoms with Gasteiger partial charge in [0.15, 0.2) is 11.6 Å². The van der Waals surface area contributed by atoms with E-state index in [1.807, 2.05) is 0 Å². The van der Waals surface area contributed by atoms with Crippen molar-refractivity contribution in [2.24, 2.45) is 0 Å². The summed E-state index contributed by atoms with van der Waals surface area (Å²) in [5.41, 5.74) is -0.207. The predicted molar refractivity (Wildman–Crippen MR) is 158 cm³/mol. The fourth-order valence-electron chi connectivity index (χ4n) is 6.57. The van der Waals surface area contributed by atoms with Gasteiger partial charge in [-0.3, -0.25) is 9.80 Å². The maximum Gasteiger partial charge on any atom is 0.338 e. The van der Waals surface area contributed by atoms with Gasteiger partial charge < -0.3 is 25.2 Å². The van der Waals surface area contributed by atoms with Crippen LogP contribution in [0.1, 0.15) is 49.3 Å². The summed E-state index contributed by atoms with van der Waals surface area (Å²) < 4.78 is 52.7. The summed E-state index contributed by atoms with van der Waals surface area (Å²) in [6, 6.07) is 8.06. The lowest BCUT2D eigenvalue weighted by Crippen LogP contribution is -2.54. The van der Waals surface area contributed by atoms with E-state index < -0.39 is 41.1 Å². The first-order valence-electron chi connectivity index (χ1n) is 14.4. The summed E-state index contributed by atoms with van der Waals surface area (Å²) in [5.74, 6) is -3.28. The van der Waals surface area contributed by atoms with Gasteiger partial charge in [0, 0.05) is 37.8 Å². The highest BCUT2D eigenvalue weighted by atomic mass is 35.5. The standard InChI is InChI=1S/C31H37F3N4O5.ClH/c1-42-17-26-27(29(39)43-2)28(19-7-8-24(33)25(34)15-19)38(18-35-26)30(40)36-20-11-14-37(16-20)21-9-12-31(41,13-10-21)22-5-3-4-6-23(22)32;/h3-8,15,20-21,28,35,41H,9-14,16-18H2,1-2H3,(H,36,40);1H/t20-,21?,28?,31?;/m1./s1. The molecule has 0 bridgehead atoms. The zero-order chi connectivity index (χ0) is 30.7. The average Bonchev–Trinajstić information content (AvgIpc) is 3.46. The smallest absolute Gasteiger partial charge is 0.338 e. The molecule has 0 spiro atoms. The highest BCUT2D eigenvalue weighted by Gasteiger charge is 2.42. The lowest BCUT2D eigenvalue weighted by atomic mass is 9.77. The van der Waals surface area contributed by atoms with Gasteiger partial charge in [0.2, 0.25) is 0 Å². The van der Waals surface area contributed by atoms with Gasteiger partial charge in [-0.1, -0.05) is 24.3 Å². The minimum absolute atomic E-state index is 0. The monoisotopic (exact) mass is 638 g/mol. The molecule has 1 saturated carbocycles. The quantitative estimate of drug-likeness (QED) is 0.392. The molecule has 240 valence electrons. The molecule has 2 aliphatic heterocycles. The number of hydrogen-bond donors (Lipinski definition) is 3. The Morgan fingerprint density at radius 2 is 1.77 bits per heavy atom. The van der Waals surface area contributed by atoms with Crippen molar-refractivity contribution in [3.8, 4) is 0 Å². The third-order valence-corrected chi connectivity index (χ3v) is 8.81. The van der Waals surface area contributed by atoms with E-state index in [0.29, 0.717) is 49.9 Å². The maximum atomic E-state index is 14.4. The van der Waals surface area contributed by atoms with Crippen molar-refractivity contribution in [1.29, 1.82) is 0 Å². The van der Waals surface area contributed by atoms with E-state index in [9.17, 15) is 27.9 Å². The molecule has 3 aliphatic rings. The van der Waals surface area contributed by atoms with Crippen LogP contribution in [-0.4, -0.2) is 79.6 Å². The van der Waals surface area contributed by atoms with E-state index >= 15 is 0 Å². The molecule has 2 amide bonds. The second-order valence-corrected chi connectivity index (χ2v) is 11.4. The number of amides is 2. The molecular weight excluding hydrogens is 601 g/mol. The first-order valence-corrected chi connectivity index (χ1v) is 14.4. The topological polar surface area (TPSA) is 103 Å². The van der Waals surface area contributed by atoms with Crippen molar-refractivity contribution < 1.29 is 37.3 Å². The molecule has 2 fully saturated rings. The number of nitrogens with zero attached hydrogens (tertiary/aromatic N) is 2. The number of rotatable bonds is 7. The Morgan fingerprint density at radius 1 is 1.05 bits per heavy atom. The highest BCUT2D eigenvalue weighted by Crippen LogP contribution is 2.40. The van der Waals surface area contributed by atoms with Crippen molar-refractivity contribution in [3.63, 3.8) is 0 Å². The van der Waals surface area contributed by atoms with Crippen molar-refractivity contribution in [1.82, 2.24) is 20.4 Å². The molecule has 13 heteroatoms. The Bertz CT molecular complexity index is 1390. The van der Waals surface area contributed by atoms with Crippen LogP contribution in [0.3, 0.4) is 0 Å². The second-order valence-electron chi connectivity index (χ2n) is 11.4. The molecule has 44 heavy (non-hydrogen) atoms. The first-order chi connectivity index (χ1) is 20.6. The minimum Gasteiger partial charge on any atom is -0.466 e. The molecular formula is C31H38ClF3N4O5. The number of nitrogens with one attached hydrogen (secondary N) is 2. The number of likely N-dealkylation sites (tertiary alicyclic amines) is 1. The van der Waals surface area contributed by atoms with Crippen LogP contribution in [-0.2, 0) is 19.9 Å². The number of methoxy groups -OCH3 is 2. The van der Waals surface area contributed by atoms with Crippen molar-refractivity contribution in [2.75, 3.05) is 40.6 Å². The number of esters is 1. The summed E-state index contributed by atoms with van der Waals surface area (Å²) in [4.78, 5) is 30.2. The molecule has 2 aromatic rings. The molecule has 3 N–H and O–H groups in total. The van der Waals surface area contributed by atoms with Crippen LogP contribution in [0.5, 0.6) is 0 Å². The van der Waals surface area contributed by atoms with Crippen molar-refractivity contribution >= 4 is 24.4 Å².